The molecule has 0 spiro atoms. The Labute approximate surface area is 301 Å². The van der Waals surface area contributed by atoms with Crippen LogP contribution in [0.2, 0.25) is 0 Å². The molecule has 264 valence electrons. The summed E-state index contributed by atoms with van der Waals surface area (Å²) in [5.74, 6) is 0.753. The van der Waals surface area contributed by atoms with Gasteiger partial charge in [0.1, 0.15) is 0 Å². The van der Waals surface area contributed by atoms with Gasteiger partial charge in [-0.05, 0) is 26.7 Å². The van der Waals surface area contributed by atoms with Crippen molar-refractivity contribution in [3.05, 3.63) is 32.2 Å². The van der Waals surface area contributed by atoms with E-state index < -0.39 is 12.1 Å². The molecule has 0 bridgehead atoms. The molecule has 3 rings (SSSR count). The highest BCUT2D eigenvalue weighted by molar-refractivity contribution is 14.1. The number of amides is 4. The van der Waals surface area contributed by atoms with Crippen molar-refractivity contribution < 1.29 is 23.9 Å². The van der Waals surface area contributed by atoms with Crippen molar-refractivity contribution in [1.29, 1.82) is 0 Å². The minimum Gasteiger partial charge on any atom is -0.379 e. The first-order chi connectivity index (χ1) is 22.2. The number of ketones is 2. The Bertz CT molecular complexity index is 1280. The molecule has 2 aromatic rings. The molecular formula is C32H52IN7O5S2. The van der Waals surface area contributed by atoms with Crippen molar-refractivity contribution in [2.45, 2.75) is 91.4 Å². The van der Waals surface area contributed by atoms with Gasteiger partial charge in [0, 0.05) is 60.8 Å². The third kappa shape index (κ3) is 14.8. The van der Waals surface area contributed by atoms with Gasteiger partial charge >= 0.3 is 12.1 Å². The van der Waals surface area contributed by atoms with E-state index in [1.54, 1.807) is 46.6 Å². The fourth-order valence-corrected chi connectivity index (χ4v) is 6.74. The van der Waals surface area contributed by atoms with Crippen molar-refractivity contribution in [3.8, 4) is 0 Å². The summed E-state index contributed by atoms with van der Waals surface area (Å²) >= 11 is 5.43. The highest BCUT2D eigenvalue weighted by Crippen LogP contribution is 2.21. The first-order valence-electron chi connectivity index (χ1n) is 16.0. The quantitative estimate of drug-likeness (QED) is 0.184. The summed E-state index contributed by atoms with van der Waals surface area (Å²) in [4.78, 5) is 62.4. The molecule has 1 aliphatic rings. The monoisotopic (exact) mass is 805 g/mol. The molecule has 2 aromatic heterocycles. The summed E-state index contributed by atoms with van der Waals surface area (Å²) < 4.78 is 6.16. The van der Waals surface area contributed by atoms with E-state index in [1.165, 1.54) is 13.8 Å². The van der Waals surface area contributed by atoms with Crippen molar-refractivity contribution in [1.82, 2.24) is 35.3 Å². The zero-order chi connectivity index (χ0) is 35.1. The lowest BCUT2D eigenvalue weighted by atomic mass is 10.1. The van der Waals surface area contributed by atoms with E-state index in [1.807, 2.05) is 10.8 Å². The molecule has 3 heterocycles. The number of hydrogen-bond donors (Lipinski definition) is 2. The van der Waals surface area contributed by atoms with Gasteiger partial charge in [-0.3, -0.25) is 14.5 Å². The van der Waals surface area contributed by atoms with Crippen molar-refractivity contribution in [3.63, 3.8) is 0 Å². The number of hydrogen-bond acceptors (Lipinski definition) is 10. The van der Waals surface area contributed by atoms with Crippen LogP contribution in [0.25, 0.3) is 0 Å². The molecule has 15 heteroatoms. The average Bonchev–Trinajstić information content (AvgIpc) is 3.69. The molecule has 12 nitrogen and oxygen atoms in total. The van der Waals surface area contributed by atoms with Gasteiger partial charge in [0.05, 0.1) is 59.8 Å². The Morgan fingerprint density at radius 2 is 1.26 bits per heavy atom. The molecule has 1 aliphatic heterocycles. The van der Waals surface area contributed by atoms with Crippen molar-refractivity contribution in [2.75, 3.05) is 51.4 Å². The normalized spacial score (nSPS) is 14.6. The number of morpholine rings is 1. The summed E-state index contributed by atoms with van der Waals surface area (Å²) in [5, 5.41) is 11.7. The van der Waals surface area contributed by atoms with E-state index in [-0.39, 0.29) is 23.6 Å². The lowest BCUT2D eigenvalue weighted by Gasteiger charge is -2.28. The summed E-state index contributed by atoms with van der Waals surface area (Å²) in [6.45, 7) is 16.3. The number of Topliss-reactive ketones (excluding diaryl/α,β-unsaturated/α-hetero) is 2. The number of nitrogens with one attached hydrogen (secondary N) is 2. The maximum Gasteiger partial charge on any atom is 0.318 e. The van der Waals surface area contributed by atoms with Gasteiger partial charge in [-0.15, -0.1) is 22.7 Å². The van der Waals surface area contributed by atoms with Crippen LogP contribution in [0.15, 0.2) is 10.8 Å². The molecule has 1 fully saturated rings. The van der Waals surface area contributed by atoms with Crippen LogP contribution in [0.5, 0.6) is 0 Å². The summed E-state index contributed by atoms with van der Waals surface area (Å²) in [5.41, 5.74) is 1.76. The molecular weight excluding hydrogens is 753 g/mol. The minimum absolute atomic E-state index is 0.0100. The fraction of sp³-hybridized carbons (Fsp3) is 0.688. The number of carbonyl (C=O) groups is 4. The standard InChI is InChI=1S/C18H30N4O3S.C14H22IN3O2S/c1-13(2)17-19-15(12-26-17)11-21(4)18(24)20-16(14(3)23)5-6-22-7-9-25-10-8-22;1-9(2)13-16-11(8-21-13)7-18(4)14(20)17-12(5-6-15)10(3)19/h12-13,16H,5-11H2,1-4H3,(H,20,24);8-9,12H,5-7H2,1-4H3,(H,17,20)/t16-;12-/m00/s1. The Kier molecular flexibility index (Phi) is 18.3. The molecule has 2 atom stereocenters. The molecule has 4 amide bonds. The highest BCUT2D eigenvalue weighted by atomic mass is 127. The second kappa shape index (κ2) is 21.0. The molecule has 0 unspecified atom stereocenters. The number of aromatic nitrogens is 2. The first kappa shape index (κ1) is 41.0. The van der Waals surface area contributed by atoms with Gasteiger partial charge in [0.2, 0.25) is 0 Å². The molecule has 2 N–H and O–H groups in total. The van der Waals surface area contributed by atoms with Crippen LogP contribution in [0, 0.1) is 0 Å². The van der Waals surface area contributed by atoms with Crippen molar-refractivity contribution >= 4 is 68.9 Å². The molecule has 47 heavy (non-hydrogen) atoms. The zero-order valence-corrected chi connectivity index (χ0v) is 32.8. The second-order valence-electron chi connectivity index (χ2n) is 12.3. The van der Waals surface area contributed by atoms with Crippen LogP contribution in [0.1, 0.15) is 87.6 Å². The van der Waals surface area contributed by atoms with Crippen LogP contribution >= 0.6 is 45.3 Å². The van der Waals surface area contributed by atoms with Crippen LogP contribution in [0.4, 0.5) is 9.59 Å². The smallest absolute Gasteiger partial charge is 0.318 e. The van der Waals surface area contributed by atoms with Gasteiger partial charge in [0.15, 0.2) is 11.6 Å². The van der Waals surface area contributed by atoms with E-state index in [9.17, 15) is 19.2 Å². The van der Waals surface area contributed by atoms with Gasteiger partial charge in [0.25, 0.3) is 0 Å². The average molecular weight is 806 g/mol. The lowest BCUT2D eigenvalue weighted by Crippen LogP contribution is -2.48. The van der Waals surface area contributed by atoms with Gasteiger partial charge in [-0.2, -0.15) is 0 Å². The van der Waals surface area contributed by atoms with E-state index in [0.29, 0.717) is 37.8 Å². The van der Waals surface area contributed by atoms with Crippen LogP contribution in [-0.2, 0) is 27.4 Å². The van der Waals surface area contributed by atoms with Crippen LogP contribution in [0.3, 0.4) is 0 Å². The zero-order valence-electron chi connectivity index (χ0n) is 29.0. The highest BCUT2D eigenvalue weighted by Gasteiger charge is 2.22. The largest absolute Gasteiger partial charge is 0.379 e. The minimum atomic E-state index is -0.463. The van der Waals surface area contributed by atoms with E-state index >= 15 is 0 Å². The SMILES string of the molecule is CC(=O)[C@H](CCI)NC(=O)N(C)Cc1csc(C(C)C)n1.CC(=O)[C@H](CCN1CCOCC1)NC(=O)N(C)Cc1csc(C(C)C)n1. The number of ether oxygens (including phenoxy) is 1. The summed E-state index contributed by atoms with van der Waals surface area (Å²) in [6, 6.07) is -1.35. The Morgan fingerprint density at radius 3 is 1.62 bits per heavy atom. The molecule has 0 radical (unpaired) electrons. The molecule has 0 aromatic carbocycles. The number of rotatable bonds is 15. The Hall–Kier alpha value is -2.21. The maximum absolute atomic E-state index is 12.5. The van der Waals surface area contributed by atoms with Gasteiger partial charge in [-0.1, -0.05) is 50.3 Å². The molecule has 1 saturated heterocycles. The molecule has 0 aliphatic carbocycles. The lowest BCUT2D eigenvalue weighted by molar-refractivity contribution is -0.119. The fourth-order valence-electron chi connectivity index (χ4n) is 4.47. The number of carbonyl (C=O) groups excluding carboxylic acids is 4. The number of nitrogens with zero attached hydrogens (tertiary/aromatic N) is 5. The predicted molar refractivity (Wildman–Crippen MR) is 197 cm³/mol. The second-order valence-corrected chi connectivity index (χ2v) is 15.2. The number of alkyl halides is 1. The summed E-state index contributed by atoms with van der Waals surface area (Å²) in [7, 11) is 3.44. The number of urea groups is 2. The van der Waals surface area contributed by atoms with Crippen molar-refractivity contribution in [2.24, 2.45) is 0 Å². The third-order valence-corrected chi connectivity index (χ3v) is 10.4. The van der Waals surface area contributed by atoms with Crippen LogP contribution < -0.4 is 10.6 Å². The molecule has 0 saturated carbocycles. The summed E-state index contributed by atoms with van der Waals surface area (Å²) in [6.07, 6.45) is 1.27. The van der Waals surface area contributed by atoms with Crippen LogP contribution in [-0.4, -0.2) is 112 Å². The first-order valence-corrected chi connectivity index (χ1v) is 19.3. The maximum atomic E-state index is 12.5. The van der Waals surface area contributed by atoms with E-state index in [2.05, 4.69) is 75.8 Å². The third-order valence-electron chi connectivity index (χ3n) is 7.43. The number of thiazole rings is 2. The Morgan fingerprint density at radius 1 is 0.830 bits per heavy atom. The van der Waals surface area contributed by atoms with Gasteiger partial charge < -0.3 is 25.2 Å². The Balaban J connectivity index is 0.000000335. The van der Waals surface area contributed by atoms with E-state index in [0.717, 1.165) is 58.7 Å². The predicted octanol–water partition coefficient (Wildman–Crippen LogP) is 5.28. The van der Waals surface area contributed by atoms with E-state index in [4.69, 9.17) is 4.74 Å². The van der Waals surface area contributed by atoms with Gasteiger partial charge in [-0.25, -0.2) is 19.6 Å². The topological polar surface area (TPSA) is 137 Å². The number of halogens is 1.